The van der Waals surface area contributed by atoms with Crippen molar-refractivity contribution >= 4 is 5.78 Å². The first-order valence-corrected chi connectivity index (χ1v) is 10.0. The van der Waals surface area contributed by atoms with Crippen LogP contribution in [0.4, 0.5) is 0 Å². The van der Waals surface area contributed by atoms with Crippen molar-refractivity contribution in [2.24, 2.45) is 10.8 Å². The maximum atomic E-state index is 13.0. The zero-order valence-corrected chi connectivity index (χ0v) is 16.4. The summed E-state index contributed by atoms with van der Waals surface area (Å²) in [5.41, 5.74) is 3.71. The van der Waals surface area contributed by atoms with Crippen molar-refractivity contribution in [1.29, 1.82) is 0 Å². The Balaban J connectivity index is 1.61. The number of ketones is 1. The summed E-state index contributed by atoms with van der Waals surface area (Å²) in [6.07, 6.45) is 4.84. The van der Waals surface area contributed by atoms with Crippen molar-refractivity contribution in [1.82, 2.24) is 4.90 Å². The largest absolute Gasteiger partial charge is 0.299 e. The van der Waals surface area contributed by atoms with E-state index in [1.807, 2.05) is 6.07 Å². The number of rotatable bonds is 4. The molecule has 1 saturated carbocycles. The Labute approximate surface area is 162 Å². The number of benzene rings is 2. The van der Waals surface area contributed by atoms with Gasteiger partial charge in [-0.1, -0.05) is 79.2 Å². The number of fused-ring (bicyclic) bond motifs is 1. The van der Waals surface area contributed by atoms with Gasteiger partial charge in [-0.3, -0.25) is 9.69 Å². The van der Waals surface area contributed by atoms with Crippen LogP contribution < -0.4 is 0 Å². The first kappa shape index (κ1) is 18.2. The summed E-state index contributed by atoms with van der Waals surface area (Å²) < 4.78 is 0. The van der Waals surface area contributed by atoms with Gasteiger partial charge < -0.3 is 0 Å². The van der Waals surface area contributed by atoms with Crippen molar-refractivity contribution < 1.29 is 4.79 Å². The molecule has 2 aromatic rings. The zero-order valence-electron chi connectivity index (χ0n) is 16.4. The number of carbonyl (C=O) groups is 1. The molecule has 0 N–H and O–H groups in total. The summed E-state index contributed by atoms with van der Waals surface area (Å²) in [6.45, 7) is 7.48. The fourth-order valence-electron chi connectivity index (χ4n) is 5.19. The lowest BCUT2D eigenvalue weighted by Crippen LogP contribution is -2.51. The second-order valence-corrected chi connectivity index (χ2v) is 8.75. The van der Waals surface area contributed by atoms with E-state index in [4.69, 9.17) is 0 Å². The van der Waals surface area contributed by atoms with Crippen LogP contribution in [0.25, 0.3) is 0 Å². The van der Waals surface area contributed by atoms with Crippen LogP contribution in [0.1, 0.15) is 37.8 Å². The number of carbonyl (C=O) groups excluding carboxylic acids is 1. The Kier molecular flexibility index (Phi) is 4.77. The van der Waals surface area contributed by atoms with Crippen LogP contribution in [0.15, 0.2) is 72.3 Å². The molecular weight excluding hydrogens is 330 g/mol. The van der Waals surface area contributed by atoms with Crippen LogP contribution >= 0.6 is 0 Å². The van der Waals surface area contributed by atoms with E-state index in [9.17, 15) is 4.79 Å². The van der Waals surface area contributed by atoms with Crippen LogP contribution in [0.5, 0.6) is 0 Å². The predicted molar refractivity (Wildman–Crippen MR) is 110 cm³/mol. The van der Waals surface area contributed by atoms with Gasteiger partial charge in [0.2, 0.25) is 0 Å². The zero-order chi connectivity index (χ0) is 18.9. The Bertz CT molecular complexity index is 841. The molecule has 0 radical (unpaired) electrons. The van der Waals surface area contributed by atoms with Gasteiger partial charge in [0.15, 0.2) is 0 Å². The highest BCUT2D eigenvalue weighted by Crippen LogP contribution is 2.52. The number of Topliss-reactive ketones (excluding diaryl/α,β-unsaturated/α-hetero) is 1. The average molecular weight is 360 g/mol. The van der Waals surface area contributed by atoms with Gasteiger partial charge in [0.05, 0.1) is 5.41 Å². The minimum Gasteiger partial charge on any atom is -0.299 e. The minimum atomic E-state index is -0.368. The molecule has 0 amide bonds. The molecule has 0 aromatic heterocycles. The second-order valence-electron chi connectivity index (χ2n) is 8.75. The van der Waals surface area contributed by atoms with E-state index in [-0.39, 0.29) is 10.8 Å². The van der Waals surface area contributed by atoms with Crippen molar-refractivity contribution in [3.05, 3.63) is 83.4 Å². The quantitative estimate of drug-likeness (QED) is 0.712. The molecule has 2 nitrogen and oxygen atoms in total. The maximum absolute atomic E-state index is 13.0. The van der Waals surface area contributed by atoms with Gasteiger partial charge in [0, 0.05) is 31.5 Å². The van der Waals surface area contributed by atoms with Gasteiger partial charge in [0.25, 0.3) is 0 Å². The molecule has 2 atom stereocenters. The molecule has 1 aliphatic heterocycles. The van der Waals surface area contributed by atoms with Gasteiger partial charge in [-0.15, -0.1) is 0 Å². The van der Waals surface area contributed by atoms with E-state index in [2.05, 4.69) is 79.4 Å². The SMILES string of the molecule is C[C@@]12CCC(=O)[C@@](C)(Cc3ccccc3)C1=CCN(Cc1ccccc1)C2. The van der Waals surface area contributed by atoms with Crippen LogP contribution in [-0.4, -0.2) is 23.8 Å². The van der Waals surface area contributed by atoms with Crippen LogP contribution in [0.2, 0.25) is 0 Å². The maximum Gasteiger partial charge on any atom is 0.143 e. The van der Waals surface area contributed by atoms with E-state index in [1.54, 1.807) is 0 Å². The summed E-state index contributed by atoms with van der Waals surface area (Å²) >= 11 is 0. The monoisotopic (exact) mass is 359 g/mol. The molecule has 1 aliphatic carbocycles. The lowest BCUT2D eigenvalue weighted by Gasteiger charge is -2.51. The Hall–Kier alpha value is -2.19. The van der Waals surface area contributed by atoms with Gasteiger partial charge in [-0.25, -0.2) is 0 Å². The van der Waals surface area contributed by atoms with E-state index >= 15 is 0 Å². The van der Waals surface area contributed by atoms with Gasteiger partial charge in [-0.05, 0) is 30.9 Å². The third-order valence-corrected chi connectivity index (χ3v) is 6.54. The van der Waals surface area contributed by atoms with Gasteiger partial charge in [-0.2, -0.15) is 0 Å². The van der Waals surface area contributed by atoms with Crippen LogP contribution in [-0.2, 0) is 17.8 Å². The van der Waals surface area contributed by atoms with Crippen molar-refractivity contribution in [3.63, 3.8) is 0 Å². The first-order chi connectivity index (χ1) is 13.0. The fourth-order valence-corrected chi connectivity index (χ4v) is 5.19. The Morgan fingerprint density at radius 1 is 0.926 bits per heavy atom. The van der Waals surface area contributed by atoms with E-state index in [1.165, 1.54) is 16.7 Å². The molecule has 0 unspecified atom stereocenters. The number of hydrogen-bond acceptors (Lipinski definition) is 2. The van der Waals surface area contributed by atoms with Crippen LogP contribution in [0.3, 0.4) is 0 Å². The molecule has 1 fully saturated rings. The molecule has 140 valence electrons. The Morgan fingerprint density at radius 2 is 1.56 bits per heavy atom. The topological polar surface area (TPSA) is 20.3 Å². The van der Waals surface area contributed by atoms with Gasteiger partial charge in [0.1, 0.15) is 5.78 Å². The van der Waals surface area contributed by atoms with Crippen molar-refractivity contribution in [2.45, 2.75) is 39.7 Å². The van der Waals surface area contributed by atoms with E-state index in [0.717, 1.165) is 32.5 Å². The predicted octanol–water partition coefficient (Wildman–Crippen LogP) is 5.05. The van der Waals surface area contributed by atoms with Crippen molar-refractivity contribution in [3.8, 4) is 0 Å². The molecule has 0 spiro atoms. The average Bonchev–Trinajstić information content (AvgIpc) is 2.67. The lowest BCUT2D eigenvalue weighted by atomic mass is 9.56. The van der Waals surface area contributed by atoms with Crippen molar-refractivity contribution in [2.75, 3.05) is 13.1 Å². The highest BCUT2D eigenvalue weighted by atomic mass is 16.1. The molecule has 0 saturated heterocycles. The molecule has 0 bridgehead atoms. The van der Waals surface area contributed by atoms with E-state index in [0.29, 0.717) is 12.2 Å². The molecule has 27 heavy (non-hydrogen) atoms. The molecule has 2 aliphatic rings. The standard InChI is InChI=1S/C25H29NO/c1-24-15-13-23(27)25(2,17-20-9-5-3-6-10-20)22(24)14-16-26(19-24)18-21-11-7-4-8-12-21/h3-12,14H,13,15-19H2,1-2H3/t24-,25-/m0/s1. The van der Waals surface area contributed by atoms with Gasteiger partial charge >= 0.3 is 0 Å². The highest BCUT2D eigenvalue weighted by molar-refractivity contribution is 5.89. The van der Waals surface area contributed by atoms with Crippen LogP contribution in [0, 0.1) is 10.8 Å². The number of nitrogens with zero attached hydrogens (tertiary/aromatic N) is 1. The summed E-state index contributed by atoms with van der Waals surface area (Å²) in [4.78, 5) is 15.6. The summed E-state index contributed by atoms with van der Waals surface area (Å²) in [6, 6.07) is 21.2. The molecule has 2 heteroatoms. The third kappa shape index (κ3) is 3.51. The summed E-state index contributed by atoms with van der Waals surface area (Å²) in [7, 11) is 0. The minimum absolute atomic E-state index is 0.0878. The fraction of sp³-hybridized carbons (Fsp3) is 0.400. The van der Waals surface area contributed by atoms with E-state index < -0.39 is 0 Å². The third-order valence-electron chi connectivity index (χ3n) is 6.54. The second kappa shape index (κ2) is 7.09. The normalized spacial score (nSPS) is 28.5. The summed E-state index contributed by atoms with van der Waals surface area (Å²) in [5, 5.41) is 0. The molecule has 4 rings (SSSR count). The molecule has 1 heterocycles. The molecular formula is C25H29NO. The summed E-state index contributed by atoms with van der Waals surface area (Å²) in [5.74, 6) is 0.409. The highest BCUT2D eigenvalue weighted by Gasteiger charge is 2.50. The Morgan fingerprint density at radius 3 is 2.22 bits per heavy atom. The lowest BCUT2D eigenvalue weighted by molar-refractivity contribution is -0.130. The smallest absolute Gasteiger partial charge is 0.143 e. The molecule has 2 aromatic carbocycles. The first-order valence-electron chi connectivity index (χ1n) is 10.0. The number of hydrogen-bond donors (Lipinski definition) is 0.